The van der Waals surface area contributed by atoms with Gasteiger partial charge in [-0.05, 0) is 23.8 Å². The maximum atomic E-state index is 13.0. The number of hydrogen-bond donors (Lipinski definition) is 1. The van der Waals surface area contributed by atoms with Gasteiger partial charge in [0.2, 0.25) is 0 Å². The average molecular weight is 276 g/mol. The molecule has 104 valence electrons. The Morgan fingerprint density at radius 3 is 2.75 bits per heavy atom. The van der Waals surface area contributed by atoms with Crippen molar-refractivity contribution in [3.8, 4) is 5.75 Å². The molecule has 0 amide bonds. The lowest BCUT2D eigenvalue weighted by atomic mass is 10.2. The van der Waals surface area contributed by atoms with Gasteiger partial charge in [0, 0.05) is 19.2 Å². The van der Waals surface area contributed by atoms with Crippen LogP contribution in [0.1, 0.15) is 5.56 Å². The highest BCUT2D eigenvalue weighted by Gasteiger charge is 2.13. The molecule has 20 heavy (non-hydrogen) atoms. The molecule has 0 aromatic heterocycles. The van der Waals surface area contributed by atoms with Gasteiger partial charge in [0.1, 0.15) is 23.9 Å². The smallest absolute Gasteiger partial charge is 0.292 e. The van der Waals surface area contributed by atoms with Gasteiger partial charge in [-0.15, -0.1) is 0 Å². The molecule has 0 radical (unpaired) electrons. The highest BCUT2D eigenvalue weighted by molar-refractivity contribution is 5.62. The van der Waals surface area contributed by atoms with Gasteiger partial charge in [-0.1, -0.05) is 12.1 Å². The molecule has 0 unspecified atom stereocenters. The number of benzene rings is 2. The standard InChI is InChI=1S/C14H13FN2O3/c1-16-13-6-5-10(7-14(13)17(18)19)9-20-12-4-2-3-11(15)8-12/h2-8,16H,9H2,1H3. The fourth-order valence-corrected chi connectivity index (χ4v) is 1.75. The Kier molecular flexibility index (Phi) is 4.14. The van der Waals surface area contributed by atoms with Crippen LogP contribution in [0.2, 0.25) is 0 Å². The predicted molar refractivity (Wildman–Crippen MR) is 73.4 cm³/mol. The largest absolute Gasteiger partial charge is 0.489 e. The number of nitro benzene ring substituents is 1. The molecule has 0 spiro atoms. The fourth-order valence-electron chi connectivity index (χ4n) is 1.75. The second kappa shape index (κ2) is 6.01. The normalized spacial score (nSPS) is 10.1. The minimum Gasteiger partial charge on any atom is -0.489 e. The lowest BCUT2D eigenvalue weighted by molar-refractivity contribution is -0.384. The maximum absolute atomic E-state index is 13.0. The summed E-state index contributed by atoms with van der Waals surface area (Å²) in [6.07, 6.45) is 0. The van der Waals surface area contributed by atoms with E-state index in [0.29, 0.717) is 17.0 Å². The third-order valence-corrected chi connectivity index (χ3v) is 2.73. The molecule has 5 nitrogen and oxygen atoms in total. The van der Waals surface area contributed by atoms with Crippen molar-refractivity contribution in [1.82, 2.24) is 0 Å². The van der Waals surface area contributed by atoms with Crippen molar-refractivity contribution in [2.75, 3.05) is 12.4 Å². The molecule has 0 aliphatic heterocycles. The van der Waals surface area contributed by atoms with Crippen molar-refractivity contribution in [3.05, 3.63) is 64.0 Å². The van der Waals surface area contributed by atoms with Crippen molar-refractivity contribution in [1.29, 1.82) is 0 Å². The number of hydrogen-bond acceptors (Lipinski definition) is 4. The van der Waals surface area contributed by atoms with Gasteiger partial charge in [-0.3, -0.25) is 10.1 Å². The van der Waals surface area contributed by atoms with E-state index in [4.69, 9.17) is 4.74 Å². The summed E-state index contributed by atoms with van der Waals surface area (Å²) in [5, 5.41) is 13.7. The number of rotatable bonds is 5. The Morgan fingerprint density at radius 1 is 1.30 bits per heavy atom. The molecule has 0 aliphatic rings. The minimum absolute atomic E-state index is 0.0205. The first kappa shape index (κ1) is 13.8. The van der Waals surface area contributed by atoms with Crippen LogP contribution < -0.4 is 10.1 Å². The first-order chi connectivity index (χ1) is 9.60. The second-order valence-corrected chi connectivity index (χ2v) is 4.10. The van der Waals surface area contributed by atoms with Gasteiger partial charge in [0.25, 0.3) is 5.69 Å². The summed E-state index contributed by atoms with van der Waals surface area (Å²) < 4.78 is 18.4. The Hall–Kier alpha value is -2.63. The molecule has 2 rings (SSSR count). The Labute approximate surface area is 115 Å². The monoisotopic (exact) mass is 276 g/mol. The van der Waals surface area contributed by atoms with Crippen LogP contribution in [0.15, 0.2) is 42.5 Å². The number of nitrogens with zero attached hydrogens (tertiary/aromatic N) is 1. The zero-order valence-electron chi connectivity index (χ0n) is 10.8. The van der Waals surface area contributed by atoms with Crippen molar-refractivity contribution in [3.63, 3.8) is 0 Å². The number of ether oxygens (including phenoxy) is 1. The molecule has 0 aliphatic carbocycles. The van der Waals surface area contributed by atoms with Crippen LogP contribution >= 0.6 is 0 Å². The van der Waals surface area contributed by atoms with E-state index in [1.54, 1.807) is 25.2 Å². The molecule has 0 saturated heterocycles. The molecule has 0 atom stereocenters. The Morgan fingerprint density at radius 2 is 2.10 bits per heavy atom. The molecule has 0 saturated carbocycles. The lowest BCUT2D eigenvalue weighted by Gasteiger charge is -2.08. The molecule has 0 heterocycles. The molecule has 2 aromatic carbocycles. The van der Waals surface area contributed by atoms with Crippen LogP contribution in [0.3, 0.4) is 0 Å². The Bertz CT molecular complexity index is 632. The molecule has 1 N–H and O–H groups in total. The summed E-state index contributed by atoms with van der Waals surface area (Å²) in [4.78, 5) is 10.5. The first-order valence-corrected chi connectivity index (χ1v) is 5.93. The summed E-state index contributed by atoms with van der Waals surface area (Å²) in [7, 11) is 1.62. The van der Waals surface area contributed by atoms with Gasteiger partial charge >= 0.3 is 0 Å². The topological polar surface area (TPSA) is 64.4 Å². The average Bonchev–Trinajstić information content (AvgIpc) is 2.45. The van der Waals surface area contributed by atoms with Gasteiger partial charge in [0.05, 0.1) is 4.92 Å². The van der Waals surface area contributed by atoms with Gasteiger partial charge < -0.3 is 10.1 Å². The molecule has 2 aromatic rings. The Balaban J connectivity index is 2.14. The zero-order chi connectivity index (χ0) is 14.5. The van der Waals surface area contributed by atoms with Crippen LogP contribution in [0.5, 0.6) is 5.75 Å². The first-order valence-electron chi connectivity index (χ1n) is 5.93. The van der Waals surface area contributed by atoms with Crippen LogP contribution in [0.4, 0.5) is 15.8 Å². The maximum Gasteiger partial charge on any atom is 0.292 e. The van der Waals surface area contributed by atoms with E-state index in [-0.39, 0.29) is 18.1 Å². The minimum atomic E-state index is -0.461. The van der Waals surface area contributed by atoms with Crippen molar-refractivity contribution in [2.24, 2.45) is 0 Å². The van der Waals surface area contributed by atoms with Gasteiger partial charge in [0.15, 0.2) is 0 Å². The number of halogens is 1. The fraction of sp³-hybridized carbons (Fsp3) is 0.143. The summed E-state index contributed by atoms with van der Waals surface area (Å²) in [5.41, 5.74) is 1.05. The molecular formula is C14H13FN2O3. The van der Waals surface area contributed by atoms with E-state index in [9.17, 15) is 14.5 Å². The molecule has 0 bridgehead atoms. The highest BCUT2D eigenvalue weighted by Crippen LogP contribution is 2.25. The second-order valence-electron chi connectivity index (χ2n) is 4.10. The van der Waals surface area contributed by atoms with E-state index in [1.807, 2.05) is 0 Å². The van der Waals surface area contributed by atoms with Crippen LogP contribution in [0.25, 0.3) is 0 Å². The summed E-state index contributed by atoms with van der Waals surface area (Å²) in [6.45, 7) is 0.133. The predicted octanol–water partition coefficient (Wildman–Crippen LogP) is 3.35. The van der Waals surface area contributed by atoms with Crippen LogP contribution in [0, 0.1) is 15.9 Å². The third-order valence-electron chi connectivity index (χ3n) is 2.73. The van der Waals surface area contributed by atoms with Gasteiger partial charge in [-0.25, -0.2) is 4.39 Å². The van der Waals surface area contributed by atoms with Crippen LogP contribution in [-0.4, -0.2) is 12.0 Å². The van der Waals surface area contributed by atoms with E-state index in [0.717, 1.165) is 0 Å². The van der Waals surface area contributed by atoms with Crippen molar-refractivity contribution >= 4 is 11.4 Å². The number of anilines is 1. The summed E-state index contributed by atoms with van der Waals surface area (Å²) >= 11 is 0. The lowest BCUT2D eigenvalue weighted by Crippen LogP contribution is -2.00. The summed E-state index contributed by atoms with van der Waals surface area (Å²) in [6, 6.07) is 10.5. The molecule has 0 fully saturated rings. The third kappa shape index (κ3) is 3.23. The quantitative estimate of drug-likeness (QED) is 0.671. The zero-order valence-corrected chi connectivity index (χ0v) is 10.8. The summed E-state index contributed by atoms with van der Waals surface area (Å²) in [5.74, 6) is -0.00985. The van der Waals surface area contributed by atoms with E-state index in [2.05, 4.69) is 5.32 Å². The SMILES string of the molecule is CNc1ccc(COc2cccc(F)c2)cc1[N+](=O)[O-]. The van der Waals surface area contributed by atoms with Crippen molar-refractivity contribution in [2.45, 2.75) is 6.61 Å². The molecule has 6 heteroatoms. The van der Waals surface area contributed by atoms with E-state index in [1.165, 1.54) is 24.3 Å². The number of nitrogens with one attached hydrogen (secondary N) is 1. The molecular weight excluding hydrogens is 263 g/mol. The van der Waals surface area contributed by atoms with E-state index < -0.39 is 4.92 Å². The highest BCUT2D eigenvalue weighted by atomic mass is 19.1. The van der Waals surface area contributed by atoms with Gasteiger partial charge in [-0.2, -0.15) is 0 Å². The van der Waals surface area contributed by atoms with Crippen molar-refractivity contribution < 1.29 is 14.1 Å². The van der Waals surface area contributed by atoms with E-state index >= 15 is 0 Å². The van der Waals surface area contributed by atoms with Crippen LogP contribution in [-0.2, 0) is 6.61 Å². The number of nitro groups is 1.